The summed E-state index contributed by atoms with van der Waals surface area (Å²) >= 11 is 1.31. The fourth-order valence-electron chi connectivity index (χ4n) is 2.78. The van der Waals surface area contributed by atoms with E-state index in [1.54, 1.807) is 18.5 Å². The molecule has 1 amide bonds. The molecule has 1 atom stereocenters. The van der Waals surface area contributed by atoms with E-state index in [4.69, 9.17) is 4.74 Å². The Labute approximate surface area is 148 Å². The second kappa shape index (κ2) is 6.60. The maximum Gasteiger partial charge on any atom is 0.263 e. The molecule has 0 saturated heterocycles. The van der Waals surface area contributed by atoms with Crippen molar-refractivity contribution < 1.29 is 9.53 Å². The van der Waals surface area contributed by atoms with E-state index in [1.165, 1.54) is 11.3 Å². The van der Waals surface area contributed by atoms with Crippen LogP contribution in [0.15, 0.2) is 42.7 Å². The van der Waals surface area contributed by atoms with Crippen molar-refractivity contribution in [1.82, 2.24) is 20.3 Å². The van der Waals surface area contributed by atoms with Gasteiger partial charge in [-0.05, 0) is 31.0 Å². The highest BCUT2D eigenvalue weighted by atomic mass is 32.1. The molecular weight excluding hydrogens is 336 g/mol. The van der Waals surface area contributed by atoms with Gasteiger partial charge in [-0.15, -0.1) is 11.3 Å². The number of hydrogen-bond acceptors (Lipinski definition) is 6. The van der Waals surface area contributed by atoms with E-state index >= 15 is 0 Å². The van der Waals surface area contributed by atoms with Crippen LogP contribution in [-0.4, -0.2) is 33.5 Å². The number of thiazole rings is 1. The van der Waals surface area contributed by atoms with Crippen LogP contribution in [0.5, 0.6) is 5.75 Å². The average molecular weight is 352 g/mol. The summed E-state index contributed by atoms with van der Waals surface area (Å²) in [6.07, 6.45) is 4.08. The van der Waals surface area contributed by atoms with E-state index in [-0.39, 0.29) is 11.9 Å². The van der Waals surface area contributed by atoms with Crippen LogP contribution in [0.3, 0.4) is 0 Å². The predicted molar refractivity (Wildman–Crippen MR) is 94.8 cm³/mol. The minimum absolute atomic E-state index is 0.0553. The number of carbonyl (C=O) groups excluding carboxylic acids is 1. The minimum atomic E-state index is -0.134. The standard InChI is InChI=1S/C18H16N4O2S/c1-11-15(25-18(21-11)16-19-7-4-8-20-16)17(23)22-13-9-12-5-2-3-6-14(12)24-10-13/h2-8,13H,9-10H2,1H3,(H,22,23)/t13-/m0/s1. The molecule has 2 aromatic heterocycles. The van der Waals surface area contributed by atoms with Crippen molar-refractivity contribution >= 4 is 17.2 Å². The number of fused-ring (bicyclic) bond motifs is 1. The zero-order chi connectivity index (χ0) is 17.2. The van der Waals surface area contributed by atoms with Crippen molar-refractivity contribution in [3.8, 4) is 16.6 Å². The van der Waals surface area contributed by atoms with Gasteiger partial charge in [0.05, 0.1) is 11.7 Å². The lowest BCUT2D eigenvalue weighted by Gasteiger charge is -2.25. The molecule has 0 spiro atoms. The number of benzene rings is 1. The van der Waals surface area contributed by atoms with Gasteiger partial charge in [-0.2, -0.15) is 0 Å². The SMILES string of the molecule is Cc1nc(-c2ncccn2)sc1C(=O)N[C@@H]1COc2ccccc2C1. The van der Waals surface area contributed by atoms with Gasteiger partial charge in [0.2, 0.25) is 0 Å². The van der Waals surface area contributed by atoms with Crippen molar-refractivity contribution in [3.63, 3.8) is 0 Å². The number of hydrogen-bond donors (Lipinski definition) is 1. The van der Waals surface area contributed by atoms with Crippen LogP contribution < -0.4 is 10.1 Å². The lowest BCUT2D eigenvalue weighted by Crippen LogP contribution is -2.42. The number of aromatic nitrogens is 3. The van der Waals surface area contributed by atoms with Gasteiger partial charge in [-0.25, -0.2) is 15.0 Å². The van der Waals surface area contributed by atoms with Gasteiger partial charge in [0.1, 0.15) is 17.2 Å². The van der Waals surface area contributed by atoms with Gasteiger partial charge in [-0.1, -0.05) is 18.2 Å². The van der Waals surface area contributed by atoms with Crippen LogP contribution in [0.4, 0.5) is 0 Å². The van der Waals surface area contributed by atoms with E-state index in [0.717, 1.165) is 17.7 Å². The van der Waals surface area contributed by atoms with Crippen LogP contribution in [0.2, 0.25) is 0 Å². The molecule has 0 bridgehead atoms. The third-order valence-electron chi connectivity index (χ3n) is 3.97. The van der Waals surface area contributed by atoms with Crippen molar-refractivity contribution in [3.05, 3.63) is 58.9 Å². The summed E-state index contributed by atoms with van der Waals surface area (Å²) in [6, 6.07) is 9.60. The molecule has 25 heavy (non-hydrogen) atoms. The second-order valence-corrected chi connectivity index (χ2v) is 6.80. The van der Waals surface area contributed by atoms with Gasteiger partial charge in [0, 0.05) is 12.4 Å². The van der Waals surface area contributed by atoms with Crippen LogP contribution >= 0.6 is 11.3 Å². The third-order valence-corrected chi connectivity index (χ3v) is 5.13. The maximum atomic E-state index is 12.7. The van der Waals surface area contributed by atoms with Crippen molar-refractivity contribution in [2.24, 2.45) is 0 Å². The fourth-order valence-corrected chi connectivity index (χ4v) is 3.70. The Morgan fingerprint density at radius 1 is 1.24 bits per heavy atom. The molecule has 1 aromatic carbocycles. The Balaban J connectivity index is 1.50. The van der Waals surface area contributed by atoms with E-state index in [1.807, 2.05) is 31.2 Å². The summed E-state index contributed by atoms with van der Waals surface area (Å²) in [6.45, 7) is 2.29. The smallest absolute Gasteiger partial charge is 0.263 e. The quantitative estimate of drug-likeness (QED) is 0.784. The van der Waals surface area contributed by atoms with E-state index < -0.39 is 0 Å². The summed E-state index contributed by atoms with van der Waals surface area (Å²) in [5, 5.41) is 3.69. The Hall–Kier alpha value is -2.80. The van der Waals surface area contributed by atoms with Gasteiger partial charge in [-0.3, -0.25) is 4.79 Å². The molecule has 0 fully saturated rings. The molecule has 7 heteroatoms. The Bertz CT molecular complexity index is 910. The third kappa shape index (κ3) is 3.23. The lowest BCUT2D eigenvalue weighted by molar-refractivity contribution is 0.0918. The summed E-state index contributed by atoms with van der Waals surface area (Å²) in [7, 11) is 0. The topological polar surface area (TPSA) is 77.0 Å². The second-order valence-electron chi connectivity index (χ2n) is 5.80. The van der Waals surface area contributed by atoms with Crippen LogP contribution in [0, 0.1) is 6.92 Å². The zero-order valence-electron chi connectivity index (χ0n) is 13.6. The number of nitrogens with zero attached hydrogens (tertiary/aromatic N) is 3. The number of carbonyl (C=O) groups is 1. The number of rotatable bonds is 3. The largest absolute Gasteiger partial charge is 0.491 e. The Morgan fingerprint density at radius 2 is 2.04 bits per heavy atom. The highest BCUT2D eigenvalue weighted by Crippen LogP contribution is 2.27. The maximum absolute atomic E-state index is 12.7. The molecule has 126 valence electrons. The van der Waals surface area contributed by atoms with E-state index in [2.05, 4.69) is 20.3 Å². The van der Waals surface area contributed by atoms with E-state index in [0.29, 0.717) is 28.0 Å². The molecule has 1 aliphatic heterocycles. The molecule has 6 nitrogen and oxygen atoms in total. The van der Waals surface area contributed by atoms with Crippen LogP contribution in [-0.2, 0) is 6.42 Å². The summed E-state index contributed by atoms with van der Waals surface area (Å²) in [4.78, 5) is 26.0. The fraction of sp³-hybridized carbons (Fsp3) is 0.222. The first-order valence-corrected chi connectivity index (χ1v) is 8.79. The normalized spacial score (nSPS) is 16.0. The first-order valence-electron chi connectivity index (χ1n) is 7.97. The van der Waals surface area contributed by atoms with Crippen molar-refractivity contribution in [2.75, 3.05) is 6.61 Å². The number of amides is 1. The molecule has 0 unspecified atom stereocenters. The molecular formula is C18H16N4O2S. The van der Waals surface area contributed by atoms with E-state index in [9.17, 15) is 4.79 Å². The first-order chi connectivity index (χ1) is 12.2. The van der Waals surface area contributed by atoms with Crippen LogP contribution in [0.1, 0.15) is 20.9 Å². The highest BCUT2D eigenvalue weighted by molar-refractivity contribution is 7.17. The Morgan fingerprint density at radius 3 is 2.88 bits per heavy atom. The number of ether oxygens (including phenoxy) is 1. The minimum Gasteiger partial charge on any atom is -0.491 e. The summed E-state index contributed by atoms with van der Waals surface area (Å²) in [5.74, 6) is 1.29. The summed E-state index contributed by atoms with van der Waals surface area (Å²) < 4.78 is 5.73. The van der Waals surface area contributed by atoms with Crippen LogP contribution in [0.25, 0.3) is 10.8 Å². The molecule has 1 aliphatic rings. The monoisotopic (exact) mass is 352 g/mol. The van der Waals surface area contributed by atoms with Crippen molar-refractivity contribution in [2.45, 2.75) is 19.4 Å². The lowest BCUT2D eigenvalue weighted by atomic mass is 10.0. The first kappa shape index (κ1) is 15.7. The molecule has 0 saturated carbocycles. The van der Waals surface area contributed by atoms with Gasteiger partial charge in [0.15, 0.2) is 10.8 Å². The average Bonchev–Trinajstić information content (AvgIpc) is 3.04. The highest BCUT2D eigenvalue weighted by Gasteiger charge is 2.24. The van der Waals surface area contributed by atoms with Gasteiger partial charge < -0.3 is 10.1 Å². The Kier molecular flexibility index (Phi) is 4.15. The predicted octanol–water partition coefficient (Wildman–Crippen LogP) is 2.64. The van der Waals surface area contributed by atoms with Gasteiger partial charge in [0.25, 0.3) is 5.91 Å². The van der Waals surface area contributed by atoms with Gasteiger partial charge >= 0.3 is 0 Å². The number of para-hydroxylation sites is 1. The number of nitrogens with one attached hydrogen (secondary N) is 1. The molecule has 3 aromatic rings. The molecule has 1 N–H and O–H groups in total. The van der Waals surface area contributed by atoms with Crippen molar-refractivity contribution in [1.29, 1.82) is 0 Å². The molecule has 0 aliphatic carbocycles. The zero-order valence-corrected chi connectivity index (χ0v) is 14.4. The molecule has 3 heterocycles. The summed E-state index contributed by atoms with van der Waals surface area (Å²) in [5.41, 5.74) is 1.79. The molecule has 4 rings (SSSR count). The number of aryl methyl sites for hydroxylation is 1. The molecule has 0 radical (unpaired) electrons.